The number of rotatable bonds is 6. The van der Waals surface area contributed by atoms with Crippen LogP contribution in [0.25, 0.3) is 6.08 Å². The molecule has 3 rings (SSSR count). The zero-order valence-corrected chi connectivity index (χ0v) is 17.9. The minimum Gasteiger partial charge on any atom is -0.396 e. The average molecular weight is 439 g/mol. The molecule has 2 aliphatic rings. The minimum absolute atomic E-state index is 0.0160. The van der Waals surface area contributed by atoms with Crippen LogP contribution in [0, 0.1) is 0 Å². The number of aliphatic hydroxyl groups excluding tert-OH is 1. The molecule has 2 saturated heterocycles. The Bertz CT molecular complexity index is 797. The predicted octanol–water partition coefficient (Wildman–Crippen LogP) is 3.69. The molecular formula is C20H23ClN2O3S2. The molecule has 8 heteroatoms. The van der Waals surface area contributed by atoms with E-state index in [4.69, 9.17) is 23.8 Å². The molecule has 1 aromatic carbocycles. The number of amides is 2. The number of thiocarbonyl (C=S) groups is 1. The first-order valence-electron chi connectivity index (χ1n) is 9.41. The molecule has 28 heavy (non-hydrogen) atoms. The molecule has 1 aromatic rings. The summed E-state index contributed by atoms with van der Waals surface area (Å²) in [4.78, 5) is 29.3. The smallest absolute Gasteiger partial charge is 0.266 e. The first-order chi connectivity index (χ1) is 13.5. The number of carbonyl (C=O) groups is 2. The highest BCUT2D eigenvalue weighted by molar-refractivity contribution is 8.26. The van der Waals surface area contributed by atoms with Gasteiger partial charge in [0.15, 0.2) is 0 Å². The summed E-state index contributed by atoms with van der Waals surface area (Å²) in [6.45, 7) is 1.07. The standard InChI is InChI=1S/C20H23ClN2O3S2/c21-16-7-2-1-5-14(16)13-17-19(26)23(20(27)28-17)11-8-18(25)22-10-4-3-6-15(22)9-12-24/h1-2,5,7,13,15,24H,3-4,6,8-12H2/b17-13+/t15-/m0/s1. The van der Waals surface area contributed by atoms with Crippen LogP contribution >= 0.6 is 35.6 Å². The van der Waals surface area contributed by atoms with E-state index in [0.717, 1.165) is 24.8 Å². The number of nitrogens with zero attached hydrogens (tertiary/aromatic N) is 2. The zero-order valence-electron chi connectivity index (χ0n) is 15.5. The van der Waals surface area contributed by atoms with Crippen molar-refractivity contribution in [1.82, 2.24) is 9.80 Å². The maximum absolute atomic E-state index is 12.7. The molecule has 0 spiro atoms. The monoisotopic (exact) mass is 438 g/mol. The second kappa shape index (κ2) is 9.87. The van der Waals surface area contributed by atoms with Gasteiger partial charge in [0.05, 0.1) is 4.91 Å². The molecule has 5 nitrogen and oxygen atoms in total. The van der Waals surface area contributed by atoms with E-state index in [0.29, 0.717) is 27.2 Å². The Morgan fingerprint density at radius 2 is 2.14 bits per heavy atom. The van der Waals surface area contributed by atoms with Crippen LogP contribution in [0.15, 0.2) is 29.2 Å². The zero-order chi connectivity index (χ0) is 20.1. The molecule has 2 fully saturated rings. The molecule has 0 radical (unpaired) electrons. The molecule has 2 amide bonds. The predicted molar refractivity (Wildman–Crippen MR) is 117 cm³/mol. The summed E-state index contributed by atoms with van der Waals surface area (Å²) in [5.41, 5.74) is 0.765. The van der Waals surface area contributed by atoms with E-state index in [1.807, 2.05) is 23.1 Å². The molecule has 0 saturated carbocycles. The fourth-order valence-electron chi connectivity index (χ4n) is 3.56. The van der Waals surface area contributed by atoms with Gasteiger partial charge in [-0.3, -0.25) is 14.5 Å². The summed E-state index contributed by atoms with van der Waals surface area (Å²) in [6.07, 6.45) is 5.56. The van der Waals surface area contributed by atoms with E-state index in [1.54, 1.807) is 12.1 Å². The molecule has 0 aliphatic carbocycles. The van der Waals surface area contributed by atoms with Gasteiger partial charge >= 0.3 is 0 Å². The Hall–Kier alpha value is -1.41. The van der Waals surface area contributed by atoms with Crippen LogP contribution in [0.2, 0.25) is 5.02 Å². The van der Waals surface area contributed by atoms with Crippen molar-refractivity contribution in [3.8, 4) is 0 Å². The highest BCUT2D eigenvalue weighted by atomic mass is 35.5. The van der Waals surface area contributed by atoms with E-state index < -0.39 is 0 Å². The molecule has 0 aromatic heterocycles. The van der Waals surface area contributed by atoms with Crippen LogP contribution in [0.5, 0.6) is 0 Å². The van der Waals surface area contributed by atoms with Gasteiger partial charge in [-0.1, -0.05) is 53.8 Å². The van der Waals surface area contributed by atoms with Crippen LogP contribution < -0.4 is 0 Å². The number of aliphatic hydroxyl groups is 1. The highest BCUT2D eigenvalue weighted by Crippen LogP contribution is 2.34. The Labute approximate surface area is 179 Å². The van der Waals surface area contributed by atoms with Crippen molar-refractivity contribution in [1.29, 1.82) is 0 Å². The van der Waals surface area contributed by atoms with Gasteiger partial charge in [-0.2, -0.15) is 0 Å². The van der Waals surface area contributed by atoms with Crippen LogP contribution in [-0.2, 0) is 9.59 Å². The lowest BCUT2D eigenvalue weighted by Crippen LogP contribution is -2.45. The van der Waals surface area contributed by atoms with Crippen molar-refractivity contribution >= 4 is 57.8 Å². The number of carbonyl (C=O) groups excluding carboxylic acids is 2. The number of benzene rings is 1. The fourth-order valence-corrected chi connectivity index (χ4v) is 5.05. The summed E-state index contributed by atoms with van der Waals surface area (Å²) < 4.78 is 0.460. The minimum atomic E-state index is -0.187. The van der Waals surface area contributed by atoms with Crippen molar-refractivity contribution in [2.45, 2.75) is 38.1 Å². The molecule has 0 unspecified atom stereocenters. The quantitative estimate of drug-likeness (QED) is 0.542. The third kappa shape index (κ3) is 4.95. The van der Waals surface area contributed by atoms with E-state index in [-0.39, 0.29) is 37.4 Å². The number of piperidine rings is 1. The largest absolute Gasteiger partial charge is 0.396 e. The second-order valence-electron chi connectivity index (χ2n) is 6.85. The van der Waals surface area contributed by atoms with Crippen LogP contribution in [-0.4, -0.2) is 56.8 Å². The third-order valence-corrected chi connectivity index (χ3v) is 6.75. The Morgan fingerprint density at radius 1 is 1.36 bits per heavy atom. The molecule has 1 atom stereocenters. The van der Waals surface area contributed by atoms with Crippen molar-refractivity contribution in [3.05, 3.63) is 39.8 Å². The maximum atomic E-state index is 12.7. The number of hydrogen-bond donors (Lipinski definition) is 1. The van der Waals surface area contributed by atoms with Crippen LogP contribution in [0.3, 0.4) is 0 Å². The van der Waals surface area contributed by atoms with Gasteiger partial charge in [-0.05, 0) is 43.4 Å². The average Bonchev–Trinajstić information content (AvgIpc) is 2.95. The van der Waals surface area contributed by atoms with E-state index in [1.165, 1.54) is 16.7 Å². The molecule has 2 aliphatic heterocycles. The first kappa shape index (κ1) is 21.3. The van der Waals surface area contributed by atoms with Gasteiger partial charge < -0.3 is 10.0 Å². The fraction of sp³-hybridized carbons (Fsp3) is 0.450. The number of hydrogen-bond acceptors (Lipinski definition) is 5. The Kier molecular flexibility index (Phi) is 7.51. The first-order valence-corrected chi connectivity index (χ1v) is 11.0. The van der Waals surface area contributed by atoms with Gasteiger partial charge in [0.25, 0.3) is 5.91 Å². The van der Waals surface area contributed by atoms with Crippen molar-refractivity contribution in [3.63, 3.8) is 0 Å². The normalized spacial score (nSPS) is 21.6. The van der Waals surface area contributed by atoms with Gasteiger partial charge in [-0.15, -0.1) is 0 Å². The van der Waals surface area contributed by atoms with Crippen molar-refractivity contribution in [2.24, 2.45) is 0 Å². The lowest BCUT2D eigenvalue weighted by atomic mass is 9.99. The molecule has 150 valence electrons. The summed E-state index contributed by atoms with van der Waals surface area (Å²) in [7, 11) is 0. The molecule has 1 N–H and O–H groups in total. The lowest BCUT2D eigenvalue weighted by Gasteiger charge is -2.36. The molecule has 2 heterocycles. The number of likely N-dealkylation sites (tertiary alicyclic amines) is 1. The van der Waals surface area contributed by atoms with Crippen LogP contribution in [0.4, 0.5) is 0 Å². The van der Waals surface area contributed by atoms with Crippen molar-refractivity contribution in [2.75, 3.05) is 19.7 Å². The third-order valence-electron chi connectivity index (χ3n) is 5.02. The summed E-state index contributed by atoms with van der Waals surface area (Å²) in [5, 5.41) is 9.81. The van der Waals surface area contributed by atoms with Gasteiger partial charge in [-0.25, -0.2) is 0 Å². The van der Waals surface area contributed by atoms with Gasteiger partial charge in [0.2, 0.25) is 5.91 Å². The highest BCUT2D eigenvalue weighted by Gasteiger charge is 2.33. The van der Waals surface area contributed by atoms with E-state index in [9.17, 15) is 14.7 Å². The topological polar surface area (TPSA) is 60.9 Å². The van der Waals surface area contributed by atoms with Crippen LogP contribution in [0.1, 0.15) is 37.7 Å². The second-order valence-corrected chi connectivity index (χ2v) is 8.94. The SMILES string of the molecule is O=C1/C(=C\c2ccccc2Cl)SC(=S)N1CCC(=O)N1CCCC[C@H]1CCO. The van der Waals surface area contributed by atoms with Crippen molar-refractivity contribution < 1.29 is 14.7 Å². The number of halogens is 1. The lowest BCUT2D eigenvalue weighted by molar-refractivity contribution is -0.135. The van der Waals surface area contributed by atoms with Gasteiger partial charge in [0, 0.05) is 37.2 Å². The molecule has 0 bridgehead atoms. The van der Waals surface area contributed by atoms with Gasteiger partial charge in [0.1, 0.15) is 4.32 Å². The summed E-state index contributed by atoms with van der Waals surface area (Å²) >= 11 is 12.8. The number of thioether (sulfide) groups is 1. The Morgan fingerprint density at radius 3 is 2.89 bits per heavy atom. The summed E-state index contributed by atoms with van der Waals surface area (Å²) in [5.74, 6) is -0.171. The molecular weight excluding hydrogens is 416 g/mol. The maximum Gasteiger partial charge on any atom is 0.266 e. The summed E-state index contributed by atoms with van der Waals surface area (Å²) in [6, 6.07) is 7.40. The Balaban J connectivity index is 1.63. The van der Waals surface area contributed by atoms with E-state index >= 15 is 0 Å². The van der Waals surface area contributed by atoms with E-state index in [2.05, 4.69) is 0 Å².